The van der Waals surface area contributed by atoms with Gasteiger partial charge in [-0.25, -0.2) is 14.2 Å². The summed E-state index contributed by atoms with van der Waals surface area (Å²) >= 11 is 1.41. The normalized spacial score (nSPS) is 13.3. The molecule has 2 aromatic heterocycles. The number of rotatable bonds is 6. The lowest BCUT2D eigenvalue weighted by molar-refractivity contribution is 0.0526. The van der Waals surface area contributed by atoms with Crippen LogP contribution in [0.2, 0.25) is 0 Å². The van der Waals surface area contributed by atoms with Crippen LogP contribution in [0, 0.1) is 5.82 Å². The standard InChI is InChI=1S/C28H25FN2O5S/c1-3-35-28(33)24-18-8-4-7-11-23(18)37-27(24)31-26-19(25(32)30-21-10-6-5-9-20(21)29)15-16-14-17(34-2)12-13-22(16)36-26/h5-6,9-10,12-15H,3-4,7-8,11H2,1-2H3,(H,30,32). The molecule has 5 rings (SSSR count). The van der Waals surface area contributed by atoms with Crippen molar-refractivity contribution >= 4 is 44.9 Å². The molecule has 37 heavy (non-hydrogen) atoms. The van der Waals surface area contributed by atoms with Crippen molar-refractivity contribution in [3.05, 3.63) is 81.5 Å². The minimum atomic E-state index is -0.601. The van der Waals surface area contributed by atoms with E-state index in [1.54, 1.807) is 50.4 Å². The zero-order valence-corrected chi connectivity index (χ0v) is 21.2. The second-order valence-corrected chi connectivity index (χ2v) is 9.61. The van der Waals surface area contributed by atoms with Gasteiger partial charge in [-0.2, -0.15) is 0 Å². The van der Waals surface area contributed by atoms with Gasteiger partial charge in [0.2, 0.25) is 5.55 Å². The van der Waals surface area contributed by atoms with Crippen LogP contribution in [-0.4, -0.2) is 25.6 Å². The third-order valence-corrected chi connectivity index (χ3v) is 7.34. The first-order valence-corrected chi connectivity index (χ1v) is 12.8. The van der Waals surface area contributed by atoms with Crippen LogP contribution >= 0.6 is 11.3 Å². The molecule has 1 amide bonds. The number of methoxy groups -OCH3 is 1. The molecule has 7 nitrogen and oxygen atoms in total. The number of aryl methyl sites for hydroxylation is 1. The number of thiophene rings is 1. The Bertz CT molecular complexity index is 1570. The number of nitrogens with zero attached hydrogens (tertiary/aromatic N) is 1. The summed E-state index contributed by atoms with van der Waals surface area (Å²) in [5, 5.41) is 3.64. The van der Waals surface area contributed by atoms with Gasteiger partial charge >= 0.3 is 5.97 Å². The van der Waals surface area contributed by atoms with E-state index in [-0.39, 0.29) is 23.4 Å². The number of para-hydroxylation sites is 1. The van der Waals surface area contributed by atoms with Crippen LogP contribution in [0.1, 0.15) is 50.9 Å². The van der Waals surface area contributed by atoms with Gasteiger partial charge in [-0.3, -0.25) is 4.79 Å². The highest BCUT2D eigenvalue weighted by Gasteiger charge is 2.27. The number of fused-ring (bicyclic) bond motifs is 2. The fourth-order valence-corrected chi connectivity index (χ4v) is 5.61. The molecule has 0 bridgehead atoms. The Hall–Kier alpha value is -3.98. The summed E-state index contributed by atoms with van der Waals surface area (Å²) in [6, 6.07) is 12.7. The van der Waals surface area contributed by atoms with Crippen molar-refractivity contribution in [2.45, 2.75) is 32.6 Å². The predicted molar refractivity (Wildman–Crippen MR) is 139 cm³/mol. The number of hydrogen-bond acceptors (Lipinski definition) is 7. The van der Waals surface area contributed by atoms with Crippen LogP contribution in [0.3, 0.4) is 0 Å². The van der Waals surface area contributed by atoms with E-state index < -0.39 is 17.7 Å². The molecule has 1 aliphatic carbocycles. The molecule has 0 fully saturated rings. The van der Waals surface area contributed by atoms with Crippen LogP contribution in [0.25, 0.3) is 11.0 Å². The molecule has 9 heteroatoms. The third kappa shape index (κ3) is 4.99. The van der Waals surface area contributed by atoms with E-state index in [0.717, 1.165) is 36.1 Å². The lowest BCUT2D eigenvalue weighted by atomic mass is 9.95. The van der Waals surface area contributed by atoms with Crippen LogP contribution in [-0.2, 0) is 17.6 Å². The van der Waals surface area contributed by atoms with Crippen molar-refractivity contribution in [1.29, 1.82) is 0 Å². The van der Waals surface area contributed by atoms with E-state index in [2.05, 4.69) is 5.32 Å². The van der Waals surface area contributed by atoms with Gasteiger partial charge < -0.3 is 19.2 Å². The van der Waals surface area contributed by atoms with Crippen molar-refractivity contribution < 1.29 is 27.9 Å². The van der Waals surface area contributed by atoms with Crippen LogP contribution in [0.5, 0.6) is 5.75 Å². The van der Waals surface area contributed by atoms with Gasteiger partial charge in [0.05, 0.1) is 25.0 Å². The molecule has 2 heterocycles. The molecular formula is C28H25FN2O5S. The van der Waals surface area contributed by atoms with Gasteiger partial charge in [0.1, 0.15) is 27.7 Å². The Morgan fingerprint density at radius 1 is 1.14 bits per heavy atom. The molecule has 0 saturated carbocycles. The van der Waals surface area contributed by atoms with E-state index >= 15 is 0 Å². The lowest BCUT2D eigenvalue weighted by Gasteiger charge is -2.11. The van der Waals surface area contributed by atoms with E-state index in [4.69, 9.17) is 18.9 Å². The van der Waals surface area contributed by atoms with Crippen molar-refractivity contribution in [3.8, 4) is 5.75 Å². The summed E-state index contributed by atoms with van der Waals surface area (Å²) < 4.78 is 31.0. The molecule has 2 aromatic carbocycles. The number of ether oxygens (including phenoxy) is 2. The molecule has 190 valence electrons. The maximum atomic E-state index is 14.3. The number of carbonyl (C=O) groups is 2. The topological polar surface area (TPSA) is 90.1 Å². The Morgan fingerprint density at radius 3 is 2.73 bits per heavy atom. The van der Waals surface area contributed by atoms with E-state index in [9.17, 15) is 14.0 Å². The Balaban J connectivity index is 1.70. The summed E-state index contributed by atoms with van der Waals surface area (Å²) in [5.74, 6) is -1.02. The first kappa shape index (κ1) is 24.7. The Morgan fingerprint density at radius 2 is 1.95 bits per heavy atom. The summed E-state index contributed by atoms with van der Waals surface area (Å²) in [7, 11) is 1.54. The summed E-state index contributed by atoms with van der Waals surface area (Å²) in [6.45, 7) is 1.99. The quantitative estimate of drug-likeness (QED) is 0.307. The summed E-state index contributed by atoms with van der Waals surface area (Å²) in [4.78, 5) is 32.1. The molecule has 0 spiro atoms. The van der Waals surface area contributed by atoms with Gasteiger partial charge in [0.15, 0.2) is 0 Å². The number of benzene rings is 2. The largest absolute Gasteiger partial charge is 0.497 e. The van der Waals surface area contributed by atoms with Gasteiger partial charge in [-0.15, -0.1) is 11.3 Å². The second kappa shape index (κ2) is 10.6. The number of amides is 1. The molecule has 0 radical (unpaired) electrons. The molecule has 0 unspecified atom stereocenters. The molecule has 4 aromatic rings. The molecule has 1 N–H and O–H groups in total. The average molecular weight is 521 g/mol. The maximum absolute atomic E-state index is 14.3. The maximum Gasteiger partial charge on any atom is 0.341 e. The van der Waals surface area contributed by atoms with Crippen molar-refractivity contribution in [2.24, 2.45) is 4.99 Å². The molecular weight excluding hydrogens is 495 g/mol. The van der Waals surface area contributed by atoms with E-state index in [1.165, 1.54) is 23.5 Å². The van der Waals surface area contributed by atoms with Gasteiger partial charge in [0, 0.05) is 10.3 Å². The number of nitrogens with one attached hydrogen (secondary N) is 1. The third-order valence-electron chi connectivity index (χ3n) is 6.16. The molecule has 0 aliphatic heterocycles. The minimum absolute atomic E-state index is 0.00986. The first-order chi connectivity index (χ1) is 18.0. The molecule has 1 aliphatic rings. The van der Waals surface area contributed by atoms with Gasteiger partial charge in [-0.05, 0) is 74.6 Å². The zero-order chi connectivity index (χ0) is 25.9. The number of carbonyl (C=O) groups excluding carboxylic acids is 2. The van der Waals surface area contributed by atoms with Gasteiger partial charge in [0.25, 0.3) is 5.91 Å². The zero-order valence-electron chi connectivity index (χ0n) is 20.4. The number of esters is 1. The fourth-order valence-electron chi connectivity index (χ4n) is 4.37. The molecule has 0 atom stereocenters. The predicted octanol–water partition coefficient (Wildman–Crippen LogP) is 6.18. The fraction of sp³-hybridized carbons (Fsp3) is 0.250. The molecule has 0 saturated heterocycles. The van der Waals surface area contributed by atoms with E-state index in [0.29, 0.717) is 27.3 Å². The lowest BCUT2D eigenvalue weighted by Crippen LogP contribution is -2.22. The Labute approximate surface area is 216 Å². The first-order valence-electron chi connectivity index (χ1n) is 12.0. The highest BCUT2D eigenvalue weighted by Crippen LogP contribution is 2.40. The average Bonchev–Trinajstić information content (AvgIpc) is 3.27. The van der Waals surface area contributed by atoms with Crippen molar-refractivity contribution in [1.82, 2.24) is 0 Å². The number of halogens is 1. The highest BCUT2D eigenvalue weighted by atomic mass is 32.1. The Kier molecular flexibility index (Phi) is 7.05. The highest BCUT2D eigenvalue weighted by molar-refractivity contribution is 7.16. The van der Waals surface area contributed by atoms with Crippen molar-refractivity contribution in [2.75, 3.05) is 19.0 Å². The second-order valence-electron chi connectivity index (χ2n) is 8.53. The minimum Gasteiger partial charge on any atom is -0.497 e. The van der Waals surface area contributed by atoms with Crippen molar-refractivity contribution in [3.63, 3.8) is 0 Å². The summed E-state index contributed by atoms with van der Waals surface area (Å²) in [5.41, 5.74) is 1.98. The van der Waals surface area contributed by atoms with E-state index in [1.807, 2.05) is 0 Å². The van der Waals surface area contributed by atoms with Crippen LogP contribution in [0.15, 0.2) is 57.9 Å². The van der Waals surface area contributed by atoms with Crippen LogP contribution in [0.4, 0.5) is 15.1 Å². The summed E-state index contributed by atoms with van der Waals surface area (Å²) in [6.07, 6.45) is 3.64. The van der Waals surface area contributed by atoms with Crippen LogP contribution < -0.4 is 15.6 Å². The smallest absolute Gasteiger partial charge is 0.341 e. The monoisotopic (exact) mass is 520 g/mol. The number of anilines is 1. The van der Waals surface area contributed by atoms with Gasteiger partial charge in [-0.1, -0.05) is 12.1 Å². The SMILES string of the molecule is CCOC(=O)c1c(N=c2oc3ccc(OC)cc3cc2C(=O)Nc2ccccc2F)sc2c1CCCC2. The number of hydrogen-bond donors (Lipinski definition) is 1.